The number of ether oxygens (including phenoxy) is 2. The number of para-hydroxylation sites is 1. The molecule has 25 heavy (non-hydrogen) atoms. The second-order valence-corrected chi connectivity index (χ2v) is 7.64. The van der Waals surface area contributed by atoms with Gasteiger partial charge < -0.3 is 20.1 Å². The topological polar surface area (TPSA) is 81.9 Å². The standard InChI is InChI=1S/C19H26N2O4/c1-12-7-8-14(18(20)23)10-21(12)16(22)11-24-15-6-4-5-13-9-19(2,3)25-17(13)15/h4-6,12,14H,7-11H2,1-3H3,(H2,20,23). The third-order valence-corrected chi connectivity index (χ3v) is 5.01. The molecule has 1 aromatic carbocycles. The first-order valence-electron chi connectivity index (χ1n) is 8.79. The summed E-state index contributed by atoms with van der Waals surface area (Å²) in [5.41, 5.74) is 6.23. The van der Waals surface area contributed by atoms with Crippen molar-refractivity contribution in [3.05, 3.63) is 23.8 Å². The fourth-order valence-corrected chi connectivity index (χ4v) is 3.61. The minimum Gasteiger partial charge on any atom is -0.483 e. The van der Waals surface area contributed by atoms with Gasteiger partial charge in [0.1, 0.15) is 5.60 Å². The van der Waals surface area contributed by atoms with E-state index < -0.39 is 0 Å². The first kappa shape index (κ1) is 17.6. The molecule has 2 heterocycles. The molecule has 2 atom stereocenters. The van der Waals surface area contributed by atoms with Crippen LogP contribution in [0.4, 0.5) is 0 Å². The first-order valence-corrected chi connectivity index (χ1v) is 8.79. The van der Waals surface area contributed by atoms with Gasteiger partial charge in [0.25, 0.3) is 5.91 Å². The number of nitrogens with zero attached hydrogens (tertiary/aromatic N) is 1. The second-order valence-electron chi connectivity index (χ2n) is 7.64. The number of likely N-dealkylation sites (tertiary alicyclic amines) is 1. The highest BCUT2D eigenvalue weighted by atomic mass is 16.5. The molecule has 2 aliphatic rings. The number of hydrogen-bond donors (Lipinski definition) is 1. The number of amides is 2. The highest BCUT2D eigenvalue weighted by Gasteiger charge is 2.34. The normalized spacial score (nSPS) is 24.4. The van der Waals surface area contributed by atoms with Crippen LogP contribution in [0.2, 0.25) is 0 Å². The highest BCUT2D eigenvalue weighted by Crippen LogP contribution is 2.41. The maximum atomic E-state index is 12.6. The third-order valence-electron chi connectivity index (χ3n) is 5.01. The average Bonchev–Trinajstić information content (AvgIpc) is 2.87. The van der Waals surface area contributed by atoms with Crippen LogP contribution in [-0.4, -0.2) is 41.5 Å². The van der Waals surface area contributed by atoms with Crippen molar-refractivity contribution in [3.63, 3.8) is 0 Å². The number of piperidine rings is 1. The number of hydrogen-bond acceptors (Lipinski definition) is 4. The summed E-state index contributed by atoms with van der Waals surface area (Å²) in [5.74, 6) is 0.565. The van der Waals surface area contributed by atoms with E-state index in [9.17, 15) is 9.59 Å². The Bertz CT molecular complexity index is 686. The summed E-state index contributed by atoms with van der Waals surface area (Å²) in [4.78, 5) is 25.7. The Morgan fingerprint density at radius 1 is 1.36 bits per heavy atom. The Morgan fingerprint density at radius 3 is 2.84 bits per heavy atom. The Labute approximate surface area is 148 Å². The smallest absolute Gasteiger partial charge is 0.260 e. The van der Waals surface area contributed by atoms with Crippen molar-refractivity contribution in [2.75, 3.05) is 13.2 Å². The number of nitrogens with two attached hydrogens (primary N) is 1. The van der Waals surface area contributed by atoms with E-state index in [1.807, 2.05) is 39.0 Å². The summed E-state index contributed by atoms with van der Waals surface area (Å²) >= 11 is 0. The van der Waals surface area contributed by atoms with Crippen LogP contribution < -0.4 is 15.2 Å². The molecular weight excluding hydrogens is 320 g/mol. The van der Waals surface area contributed by atoms with Crippen LogP contribution in [0, 0.1) is 5.92 Å². The van der Waals surface area contributed by atoms with Crippen LogP contribution in [0.25, 0.3) is 0 Å². The van der Waals surface area contributed by atoms with Crippen molar-refractivity contribution in [3.8, 4) is 11.5 Å². The van der Waals surface area contributed by atoms with Crippen molar-refractivity contribution in [2.24, 2.45) is 11.7 Å². The van der Waals surface area contributed by atoms with Crippen molar-refractivity contribution in [1.29, 1.82) is 0 Å². The molecule has 3 rings (SSSR count). The number of fused-ring (bicyclic) bond motifs is 1. The summed E-state index contributed by atoms with van der Waals surface area (Å²) in [6.07, 6.45) is 2.32. The van der Waals surface area contributed by atoms with Gasteiger partial charge in [-0.25, -0.2) is 0 Å². The predicted octanol–water partition coefficient (Wildman–Crippen LogP) is 1.89. The number of rotatable bonds is 4. The molecule has 2 N–H and O–H groups in total. The molecule has 1 aromatic rings. The number of benzene rings is 1. The molecule has 0 aromatic heterocycles. The van der Waals surface area contributed by atoms with Crippen LogP contribution in [0.5, 0.6) is 11.5 Å². The predicted molar refractivity (Wildman–Crippen MR) is 93.4 cm³/mol. The molecule has 1 saturated heterocycles. The van der Waals surface area contributed by atoms with Gasteiger partial charge in [-0.1, -0.05) is 12.1 Å². The molecule has 6 nitrogen and oxygen atoms in total. The van der Waals surface area contributed by atoms with E-state index in [1.54, 1.807) is 4.90 Å². The van der Waals surface area contributed by atoms with Crippen molar-refractivity contribution >= 4 is 11.8 Å². The van der Waals surface area contributed by atoms with Crippen molar-refractivity contribution < 1.29 is 19.1 Å². The molecule has 0 aliphatic carbocycles. The van der Waals surface area contributed by atoms with Crippen LogP contribution in [-0.2, 0) is 16.0 Å². The van der Waals surface area contributed by atoms with Gasteiger partial charge in [0.05, 0.1) is 5.92 Å². The van der Waals surface area contributed by atoms with Crippen LogP contribution in [0.1, 0.15) is 39.2 Å². The lowest BCUT2D eigenvalue weighted by Gasteiger charge is -2.36. The van der Waals surface area contributed by atoms with Crippen LogP contribution in [0.15, 0.2) is 18.2 Å². The monoisotopic (exact) mass is 346 g/mol. The molecule has 0 radical (unpaired) electrons. The van der Waals surface area contributed by atoms with E-state index in [4.69, 9.17) is 15.2 Å². The van der Waals surface area contributed by atoms with Gasteiger partial charge in [0.15, 0.2) is 18.1 Å². The summed E-state index contributed by atoms with van der Waals surface area (Å²) < 4.78 is 11.7. The molecule has 2 aliphatic heterocycles. The van der Waals surface area contributed by atoms with Crippen LogP contribution >= 0.6 is 0 Å². The summed E-state index contributed by atoms with van der Waals surface area (Å²) in [6.45, 7) is 6.34. The summed E-state index contributed by atoms with van der Waals surface area (Å²) in [7, 11) is 0. The fourth-order valence-electron chi connectivity index (χ4n) is 3.61. The van der Waals surface area contributed by atoms with E-state index in [2.05, 4.69) is 0 Å². The average molecular weight is 346 g/mol. The Kier molecular flexibility index (Phi) is 4.62. The second kappa shape index (κ2) is 6.58. The molecule has 1 fully saturated rings. The number of carbonyl (C=O) groups is 2. The molecule has 136 valence electrons. The van der Waals surface area contributed by atoms with Gasteiger partial charge in [-0.3, -0.25) is 9.59 Å². The molecular formula is C19H26N2O4. The largest absolute Gasteiger partial charge is 0.483 e. The van der Waals surface area contributed by atoms with E-state index in [-0.39, 0.29) is 36.0 Å². The summed E-state index contributed by atoms with van der Waals surface area (Å²) in [6, 6.07) is 5.83. The lowest BCUT2D eigenvalue weighted by atomic mass is 9.93. The van der Waals surface area contributed by atoms with Gasteiger partial charge in [-0.05, 0) is 39.7 Å². The van der Waals surface area contributed by atoms with Crippen molar-refractivity contribution in [2.45, 2.75) is 51.7 Å². The van der Waals surface area contributed by atoms with E-state index >= 15 is 0 Å². The van der Waals surface area contributed by atoms with E-state index in [0.717, 1.165) is 30.6 Å². The zero-order valence-electron chi connectivity index (χ0n) is 15.1. The molecule has 2 amide bonds. The molecule has 0 saturated carbocycles. The molecule has 2 unspecified atom stereocenters. The van der Waals surface area contributed by atoms with Gasteiger partial charge in [-0.2, -0.15) is 0 Å². The molecule has 0 bridgehead atoms. The minimum absolute atomic E-state index is 0.0733. The number of primary amides is 1. The molecule has 0 spiro atoms. The van der Waals surface area contributed by atoms with Crippen LogP contribution in [0.3, 0.4) is 0 Å². The van der Waals surface area contributed by atoms with Gasteiger partial charge in [0, 0.05) is 24.6 Å². The zero-order valence-corrected chi connectivity index (χ0v) is 15.1. The van der Waals surface area contributed by atoms with Gasteiger partial charge in [0.2, 0.25) is 5.91 Å². The quantitative estimate of drug-likeness (QED) is 0.903. The Hall–Kier alpha value is -2.24. The minimum atomic E-state index is -0.345. The zero-order chi connectivity index (χ0) is 18.2. The Morgan fingerprint density at radius 2 is 2.12 bits per heavy atom. The lowest BCUT2D eigenvalue weighted by molar-refractivity contribution is -0.139. The molecule has 6 heteroatoms. The van der Waals surface area contributed by atoms with E-state index in [0.29, 0.717) is 12.3 Å². The summed E-state index contributed by atoms with van der Waals surface area (Å²) in [5, 5.41) is 0. The van der Waals surface area contributed by atoms with Crippen molar-refractivity contribution in [1.82, 2.24) is 4.90 Å². The first-order chi connectivity index (χ1) is 11.8. The van der Waals surface area contributed by atoms with Gasteiger partial charge >= 0.3 is 0 Å². The highest BCUT2D eigenvalue weighted by molar-refractivity contribution is 5.81. The third kappa shape index (κ3) is 3.72. The number of carbonyl (C=O) groups excluding carboxylic acids is 2. The lowest BCUT2D eigenvalue weighted by Crippen LogP contribution is -2.50. The van der Waals surface area contributed by atoms with Gasteiger partial charge in [-0.15, -0.1) is 0 Å². The SMILES string of the molecule is CC1CCC(C(N)=O)CN1C(=O)COc1cccc2c1OC(C)(C)C2. The maximum absolute atomic E-state index is 12.6. The maximum Gasteiger partial charge on any atom is 0.260 e. The Balaban J connectivity index is 1.65. The van der Waals surface area contributed by atoms with E-state index in [1.165, 1.54) is 0 Å². The fraction of sp³-hybridized carbons (Fsp3) is 0.579.